The van der Waals surface area contributed by atoms with Gasteiger partial charge in [0.1, 0.15) is 17.3 Å². The van der Waals surface area contributed by atoms with Gasteiger partial charge in [-0.2, -0.15) is 0 Å². The molecule has 1 N–H and O–H groups in total. The highest BCUT2D eigenvalue weighted by Crippen LogP contribution is 2.21. The molecule has 2 heterocycles. The Kier molecular flexibility index (Phi) is 4.33. The summed E-state index contributed by atoms with van der Waals surface area (Å²) >= 11 is 0. The van der Waals surface area contributed by atoms with E-state index < -0.39 is 0 Å². The van der Waals surface area contributed by atoms with Crippen LogP contribution in [-0.2, 0) is 6.54 Å². The second-order valence-corrected chi connectivity index (χ2v) is 6.04. The Morgan fingerprint density at radius 2 is 1.78 bits per heavy atom. The molecule has 0 saturated carbocycles. The Morgan fingerprint density at radius 3 is 2.56 bits per heavy atom. The van der Waals surface area contributed by atoms with Crippen molar-refractivity contribution in [2.24, 2.45) is 0 Å². The summed E-state index contributed by atoms with van der Waals surface area (Å²) in [6, 6.07) is 15.1. The fraction of sp³-hybridized carbons (Fsp3) is 0.150. The zero-order valence-electron chi connectivity index (χ0n) is 15.0. The molecule has 4 aromatic rings. The van der Waals surface area contributed by atoms with E-state index in [2.05, 4.69) is 15.0 Å². The van der Waals surface area contributed by atoms with Gasteiger partial charge in [0, 0.05) is 12.1 Å². The predicted molar refractivity (Wildman–Crippen MR) is 102 cm³/mol. The number of rotatable bonds is 5. The minimum Gasteiger partial charge on any atom is -0.497 e. The van der Waals surface area contributed by atoms with Gasteiger partial charge in [0.15, 0.2) is 11.2 Å². The standard InChI is InChI=1S/C20H18N4O3/c1-26-15-7-3-5-13(9-15)11-24-12-21-19-17(24)20(25)23-18(22-19)14-6-4-8-16(10-14)27-2/h3-10,12H,11H2,1-2H3,(H,22,23,25). The third-order valence-electron chi connectivity index (χ3n) is 4.31. The van der Waals surface area contributed by atoms with Crippen LogP contribution >= 0.6 is 0 Å². The molecule has 7 nitrogen and oxygen atoms in total. The number of ether oxygens (including phenoxy) is 2. The summed E-state index contributed by atoms with van der Waals surface area (Å²) in [6.45, 7) is 0.497. The molecular formula is C20H18N4O3. The number of aromatic amines is 1. The first-order valence-electron chi connectivity index (χ1n) is 8.40. The molecule has 0 fully saturated rings. The SMILES string of the molecule is COc1cccc(Cn2cnc3nc(-c4cccc(OC)c4)[nH]c(=O)c32)c1. The number of benzene rings is 2. The van der Waals surface area contributed by atoms with E-state index in [-0.39, 0.29) is 5.56 Å². The minimum absolute atomic E-state index is 0.238. The second kappa shape index (κ2) is 6.95. The van der Waals surface area contributed by atoms with Gasteiger partial charge in [-0.15, -0.1) is 0 Å². The molecule has 0 amide bonds. The summed E-state index contributed by atoms with van der Waals surface area (Å²) in [7, 11) is 3.22. The molecule has 0 bridgehead atoms. The van der Waals surface area contributed by atoms with Crippen molar-refractivity contribution < 1.29 is 9.47 Å². The van der Waals surface area contributed by atoms with E-state index in [4.69, 9.17) is 9.47 Å². The van der Waals surface area contributed by atoms with Crippen LogP contribution in [0.3, 0.4) is 0 Å². The lowest BCUT2D eigenvalue weighted by molar-refractivity contribution is 0.414. The van der Waals surface area contributed by atoms with Gasteiger partial charge in [-0.1, -0.05) is 24.3 Å². The molecule has 4 rings (SSSR count). The Labute approximate surface area is 155 Å². The number of nitrogens with one attached hydrogen (secondary N) is 1. The molecule has 27 heavy (non-hydrogen) atoms. The number of aromatic nitrogens is 4. The smallest absolute Gasteiger partial charge is 0.277 e. The number of methoxy groups -OCH3 is 2. The molecule has 0 saturated heterocycles. The molecule has 0 spiro atoms. The van der Waals surface area contributed by atoms with Crippen molar-refractivity contribution in [1.29, 1.82) is 0 Å². The first kappa shape index (κ1) is 16.8. The molecule has 7 heteroatoms. The zero-order valence-corrected chi connectivity index (χ0v) is 15.0. The molecule has 2 aromatic carbocycles. The van der Waals surface area contributed by atoms with Gasteiger partial charge in [0.05, 0.1) is 20.5 Å². The third-order valence-corrected chi connectivity index (χ3v) is 4.31. The van der Waals surface area contributed by atoms with Crippen LogP contribution in [0.1, 0.15) is 5.56 Å². The summed E-state index contributed by atoms with van der Waals surface area (Å²) < 4.78 is 12.3. The highest BCUT2D eigenvalue weighted by Gasteiger charge is 2.12. The summed E-state index contributed by atoms with van der Waals surface area (Å²) in [5.74, 6) is 1.92. The maximum Gasteiger partial charge on any atom is 0.277 e. The normalized spacial score (nSPS) is 10.9. The van der Waals surface area contributed by atoms with Crippen LogP contribution in [-0.4, -0.2) is 33.7 Å². The summed E-state index contributed by atoms with van der Waals surface area (Å²) in [5, 5.41) is 0. The van der Waals surface area contributed by atoms with Crippen molar-refractivity contribution in [2.45, 2.75) is 6.54 Å². The van der Waals surface area contributed by atoms with Crippen molar-refractivity contribution in [1.82, 2.24) is 19.5 Å². The number of hydrogen-bond donors (Lipinski definition) is 1. The Hall–Kier alpha value is -3.61. The van der Waals surface area contributed by atoms with Crippen molar-refractivity contribution in [3.63, 3.8) is 0 Å². The summed E-state index contributed by atoms with van der Waals surface area (Å²) in [4.78, 5) is 24.4. The van der Waals surface area contributed by atoms with Gasteiger partial charge in [0.2, 0.25) is 0 Å². The molecule has 0 aliphatic heterocycles. The highest BCUT2D eigenvalue weighted by molar-refractivity contribution is 5.73. The Bertz CT molecular complexity index is 1160. The third kappa shape index (κ3) is 3.27. The fourth-order valence-corrected chi connectivity index (χ4v) is 2.98. The zero-order chi connectivity index (χ0) is 18.8. The molecule has 136 valence electrons. The molecule has 0 atom stereocenters. The summed E-state index contributed by atoms with van der Waals surface area (Å²) in [6.07, 6.45) is 1.63. The van der Waals surface area contributed by atoms with E-state index in [9.17, 15) is 4.79 Å². The van der Waals surface area contributed by atoms with Gasteiger partial charge >= 0.3 is 0 Å². The monoisotopic (exact) mass is 362 g/mol. The molecule has 0 aliphatic carbocycles. The Morgan fingerprint density at radius 1 is 1.04 bits per heavy atom. The van der Waals surface area contributed by atoms with Crippen LogP contribution in [0.2, 0.25) is 0 Å². The van der Waals surface area contributed by atoms with Crippen molar-refractivity contribution in [3.8, 4) is 22.9 Å². The molecular weight excluding hydrogens is 344 g/mol. The number of H-pyrrole nitrogens is 1. The van der Waals surface area contributed by atoms with Crippen LogP contribution in [0, 0.1) is 0 Å². The van der Waals surface area contributed by atoms with Gasteiger partial charge < -0.3 is 19.0 Å². The molecule has 0 unspecified atom stereocenters. The van der Waals surface area contributed by atoms with E-state index in [1.807, 2.05) is 48.5 Å². The van der Waals surface area contributed by atoms with Crippen LogP contribution < -0.4 is 15.0 Å². The van der Waals surface area contributed by atoms with Crippen LogP contribution in [0.25, 0.3) is 22.6 Å². The molecule has 0 aliphatic rings. The lowest BCUT2D eigenvalue weighted by Gasteiger charge is -2.07. The van der Waals surface area contributed by atoms with E-state index in [0.29, 0.717) is 29.3 Å². The minimum atomic E-state index is -0.238. The van der Waals surface area contributed by atoms with E-state index in [1.54, 1.807) is 25.1 Å². The highest BCUT2D eigenvalue weighted by atomic mass is 16.5. The van der Waals surface area contributed by atoms with Gasteiger partial charge in [-0.25, -0.2) is 9.97 Å². The van der Waals surface area contributed by atoms with Crippen molar-refractivity contribution >= 4 is 11.2 Å². The van der Waals surface area contributed by atoms with Crippen LogP contribution in [0.15, 0.2) is 59.7 Å². The number of hydrogen-bond acceptors (Lipinski definition) is 5. The lowest BCUT2D eigenvalue weighted by atomic mass is 10.2. The molecule has 0 radical (unpaired) electrons. The maximum atomic E-state index is 12.7. The van der Waals surface area contributed by atoms with E-state index >= 15 is 0 Å². The van der Waals surface area contributed by atoms with Gasteiger partial charge in [0.25, 0.3) is 5.56 Å². The summed E-state index contributed by atoms with van der Waals surface area (Å²) in [5.41, 5.74) is 2.36. The molecule has 2 aromatic heterocycles. The first-order chi connectivity index (χ1) is 13.2. The van der Waals surface area contributed by atoms with Crippen LogP contribution in [0.4, 0.5) is 0 Å². The largest absolute Gasteiger partial charge is 0.497 e. The predicted octanol–water partition coefficient (Wildman–Crippen LogP) is 2.85. The number of fused-ring (bicyclic) bond motifs is 1. The van der Waals surface area contributed by atoms with E-state index in [0.717, 1.165) is 16.9 Å². The average molecular weight is 362 g/mol. The maximum absolute atomic E-state index is 12.7. The first-order valence-corrected chi connectivity index (χ1v) is 8.40. The van der Waals surface area contributed by atoms with Crippen molar-refractivity contribution in [2.75, 3.05) is 14.2 Å². The van der Waals surface area contributed by atoms with E-state index in [1.165, 1.54) is 0 Å². The van der Waals surface area contributed by atoms with Gasteiger partial charge in [-0.3, -0.25) is 4.79 Å². The second-order valence-electron chi connectivity index (χ2n) is 6.04. The lowest BCUT2D eigenvalue weighted by Crippen LogP contribution is -2.13. The van der Waals surface area contributed by atoms with Gasteiger partial charge in [-0.05, 0) is 29.8 Å². The quantitative estimate of drug-likeness (QED) is 0.590. The fourth-order valence-electron chi connectivity index (χ4n) is 2.98. The van der Waals surface area contributed by atoms with Crippen molar-refractivity contribution in [3.05, 3.63) is 70.8 Å². The average Bonchev–Trinajstić information content (AvgIpc) is 3.11. The topological polar surface area (TPSA) is 82.0 Å². The number of nitrogens with zero attached hydrogens (tertiary/aromatic N) is 3. The Balaban J connectivity index is 1.74. The van der Waals surface area contributed by atoms with Crippen LogP contribution in [0.5, 0.6) is 11.5 Å². The number of imidazole rings is 1.